The molecule has 3 aromatic rings. The second kappa shape index (κ2) is 4.41. The van der Waals surface area contributed by atoms with Gasteiger partial charge in [0.05, 0.1) is 6.20 Å². The molecule has 0 fully saturated rings. The first kappa shape index (κ1) is 11.2. The minimum Gasteiger partial charge on any atom is -0.480 e. The van der Waals surface area contributed by atoms with Crippen LogP contribution in [0.2, 0.25) is 0 Å². The Morgan fingerprint density at radius 2 is 2.11 bits per heavy atom. The number of anilines is 2. The molecule has 0 saturated heterocycles. The molecule has 0 aliphatic rings. The van der Waals surface area contributed by atoms with Crippen LogP contribution < -0.4 is 16.2 Å². The summed E-state index contributed by atoms with van der Waals surface area (Å²) in [6.45, 7) is 0.180. The fraction of sp³-hybridized carbons (Fsp3) is 0.0909. The molecular formula is C11H11N7O. The monoisotopic (exact) mass is 257 g/mol. The lowest BCUT2D eigenvalue weighted by Gasteiger charge is -2.05. The molecule has 0 unspecified atom stereocenters. The number of rotatable bonds is 3. The van der Waals surface area contributed by atoms with E-state index in [2.05, 4.69) is 20.1 Å². The normalized spacial score (nSPS) is 10.7. The second-order valence-corrected chi connectivity index (χ2v) is 3.80. The van der Waals surface area contributed by atoms with Crippen molar-refractivity contribution >= 4 is 17.4 Å². The SMILES string of the molecule is Nc1ncc(OCc2nc3ccccn3n2)c(N)n1. The Labute approximate surface area is 108 Å². The lowest BCUT2D eigenvalue weighted by atomic mass is 10.5. The largest absolute Gasteiger partial charge is 0.480 e. The number of fused-ring (bicyclic) bond motifs is 1. The molecule has 96 valence electrons. The number of pyridine rings is 1. The van der Waals surface area contributed by atoms with Crippen molar-refractivity contribution in [2.24, 2.45) is 0 Å². The van der Waals surface area contributed by atoms with Gasteiger partial charge in [-0.15, -0.1) is 5.10 Å². The number of nitrogens with two attached hydrogens (primary N) is 2. The summed E-state index contributed by atoms with van der Waals surface area (Å²) in [6.07, 6.45) is 3.24. The van der Waals surface area contributed by atoms with Crippen LogP contribution >= 0.6 is 0 Å². The van der Waals surface area contributed by atoms with E-state index < -0.39 is 0 Å². The average molecular weight is 257 g/mol. The van der Waals surface area contributed by atoms with Crippen molar-refractivity contribution in [2.45, 2.75) is 6.61 Å². The summed E-state index contributed by atoms with van der Waals surface area (Å²) < 4.78 is 7.13. The quantitative estimate of drug-likeness (QED) is 0.691. The van der Waals surface area contributed by atoms with Gasteiger partial charge < -0.3 is 16.2 Å². The smallest absolute Gasteiger partial charge is 0.222 e. The molecule has 0 aromatic carbocycles. The molecule has 8 heteroatoms. The molecule has 0 bridgehead atoms. The molecule has 3 heterocycles. The molecule has 3 aromatic heterocycles. The van der Waals surface area contributed by atoms with Crippen molar-refractivity contribution in [3.05, 3.63) is 36.4 Å². The molecule has 19 heavy (non-hydrogen) atoms. The maximum absolute atomic E-state index is 5.66. The minimum absolute atomic E-state index is 0.107. The Morgan fingerprint density at radius 1 is 1.21 bits per heavy atom. The van der Waals surface area contributed by atoms with E-state index in [1.165, 1.54) is 6.20 Å². The maximum atomic E-state index is 5.66. The van der Waals surface area contributed by atoms with Gasteiger partial charge >= 0.3 is 0 Å². The summed E-state index contributed by atoms with van der Waals surface area (Å²) in [5, 5.41) is 4.25. The van der Waals surface area contributed by atoms with Gasteiger partial charge in [-0.3, -0.25) is 0 Å². The standard InChI is InChI=1S/C11H11N7O/c12-10-7(5-14-11(13)16-10)19-6-8-15-9-3-1-2-4-18(9)17-8/h1-5H,6H2,(H4,12,13,14,16). The van der Waals surface area contributed by atoms with E-state index in [9.17, 15) is 0 Å². The highest BCUT2D eigenvalue weighted by molar-refractivity contribution is 5.46. The third-order valence-electron chi connectivity index (χ3n) is 2.44. The molecule has 0 radical (unpaired) electrons. The minimum atomic E-state index is 0.107. The fourth-order valence-corrected chi connectivity index (χ4v) is 1.59. The summed E-state index contributed by atoms with van der Waals surface area (Å²) in [6, 6.07) is 5.62. The lowest BCUT2D eigenvalue weighted by molar-refractivity contribution is 0.295. The molecule has 0 saturated carbocycles. The second-order valence-electron chi connectivity index (χ2n) is 3.80. The molecule has 0 atom stereocenters. The van der Waals surface area contributed by atoms with Crippen LogP contribution in [0, 0.1) is 0 Å². The number of nitrogen functional groups attached to an aromatic ring is 2. The number of ether oxygens (including phenoxy) is 1. The Morgan fingerprint density at radius 3 is 2.89 bits per heavy atom. The van der Waals surface area contributed by atoms with Gasteiger partial charge in [0, 0.05) is 6.20 Å². The zero-order valence-corrected chi connectivity index (χ0v) is 9.89. The Bertz CT molecular complexity index is 691. The third kappa shape index (κ3) is 2.23. The van der Waals surface area contributed by atoms with Gasteiger partial charge in [-0.25, -0.2) is 14.5 Å². The van der Waals surface area contributed by atoms with Crippen molar-refractivity contribution in [2.75, 3.05) is 11.5 Å². The van der Waals surface area contributed by atoms with E-state index in [-0.39, 0.29) is 18.4 Å². The highest BCUT2D eigenvalue weighted by Crippen LogP contribution is 2.18. The first-order chi connectivity index (χ1) is 9.22. The molecule has 3 rings (SSSR count). The van der Waals surface area contributed by atoms with Crippen LogP contribution in [0.15, 0.2) is 30.6 Å². The van der Waals surface area contributed by atoms with E-state index in [0.29, 0.717) is 11.6 Å². The van der Waals surface area contributed by atoms with Crippen LogP contribution in [-0.2, 0) is 6.61 Å². The van der Waals surface area contributed by atoms with E-state index in [1.807, 2.05) is 24.4 Å². The first-order valence-electron chi connectivity index (χ1n) is 5.53. The molecule has 0 aliphatic carbocycles. The number of aromatic nitrogens is 5. The summed E-state index contributed by atoms with van der Waals surface area (Å²) in [4.78, 5) is 11.9. The highest BCUT2D eigenvalue weighted by atomic mass is 16.5. The van der Waals surface area contributed by atoms with Gasteiger partial charge in [0.15, 0.2) is 23.0 Å². The van der Waals surface area contributed by atoms with Crippen LogP contribution in [0.3, 0.4) is 0 Å². The van der Waals surface area contributed by atoms with Crippen LogP contribution in [0.4, 0.5) is 11.8 Å². The maximum Gasteiger partial charge on any atom is 0.222 e. The predicted octanol–water partition coefficient (Wildman–Crippen LogP) is 0.263. The van der Waals surface area contributed by atoms with E-state index in [1.54, 1.807) is 4.52 Å². The summed E-state index contributed by atoms with van der Waals surface area (Å²) >= 11 is 0. The third-order valence-corrected chi connectivity index (χ3v) is 2.44. The Kier molecular flexibility index (Phi) is 2.60. The van der Waals surface area contributed by atoms with Crippen molar-refractivity contribution in [1.29, 1.82) is 0 Å². The zero-order valence-electron chi connectivity index (χ0n) is 9.89. The van der Waals surface area contributed by atoms with Gasteiger partial charge in [-0.1, -0.05) is 6.07 Å². The summed E-state index contributed by atoms with van der Waals surface area (Å²) in [5.74, 6) is 1.20. The molecule has 0 aliphatic heterocycles. The molecular weight excluding hydrogens is 246 g/mol. The number of hydrogen-bond acceptors (Lipinski definition) is 7. The van der Waals surface area contributed by atoms with E-state index >= 15 is 0 Å². The van der Waals surface area contributed by atoms with Crippen LogP contribution in [0.25, 0.3) is 5.65 Å². The zero-order chi connectivity index (χ0) is 13.2. The highest BCUT2D eigenvalue weighted by Gasteiger charge is 2.07. The first-order valence-corrected chi connectivity index (χ1v) is 5.53. The predicted molar refractivity (Wildman–Crippen MR) is 68.2 cm³/mol. The molecule has 4 N–H and O–H groups in total. The van der Waals surface area contributed by atoms with Crippen LogP contribution in [0.5, 0.6) is 5.75 Å². The van der Waals surface area contributed by atoms with Gasteiger partial charge in [0.1, 0.15) is 6.61 Å². The van der Waals surface area contributed by atoms with Gasteiger partial charge in [-0.2, -0.15) is 4.98 Å². The Balaban J connectivity index is 1.78. The van der Waals surface area contributed by atoms with Gasteiger partial charge in [-0.05, 0) is 12.1 Å². The molecule has 0 amide bonds. The Hall–Kier alpha value is -2.90. The van der Waals surface area contributed by atoms with Crippen LogP contribution in [0.1, 0.15) is 5.82 Å². The molecule has 0 spiro atoms. The van der Waals surface area contributed by atoms with Crippen molar-refractivity contribution < 1.29 is 4.74 Å². The van der Waals surface area contributed by atoms with Crippen molar-refractivity contribution in [1.82, 2.24) is 24.6 Å². The van der Waals surface area contributed by atoms with Crippen molar-refractivity contribution in [3.8, 4) is 5.75 Å². The summed E-state index contributed by atoms with van der Waals surface area (Å²) in [5.41, 5.74) is 11.8. The topological polar surface area (TPSA) is 117 Å². The fourth-order valence-electron chi connectivity index (χ4n) is 1.59. The van der Waals surface area contributed by atoms with E-state index in [0.717, 1.165) is 5.65 Å². The van der Waals surface area contributed by atoms with E-state index in [4.69, 9.17) is 16.2 Å². The lowest BCUT2D eigenvalue weighted by Crippen LogP contribution is -2.05. The van der Waals surface area contributed by atoms with Gasteiger partial charge in [0.2, 0.25) is 5.95 Å². The number of hydrogen-bond donors (Lipinski definition) is 2. The molecule has 8 nitrogen and oxygen atoms in total. The van der Waals surface area contributed by atoms with Crippen LogP contribution in [-0.4, -0.2) is 24.6 Å². The average Bonchev–Trinajstić information content (AvgIpc) is 2.80. The number of nitrogens with zero attached hydrogens (tertiary/aromatic N) is 5. The van der Waals surface area contributed by atoms with Crippen molar-refractivity contribution in [3.63, 3.8) is 0 Å². The van der Waals surface area contributed by atoms with Gasteiger partial charge in [0.25, 0.3) is 0 Å². The summed E-state index contributed by atoms with van der Waals surface area (Å²) in [7, 11) is 0.